The normalized spacial score (nSPS) is 11.1. The number of aromatic nitrogens is 4. The van der Waals surface area contributed by atoms with Crippen LogP contribution in [0.5, 0.6) is 0 Å². The number of benzene rings is 1. The molecular weight excluding hydrogens is 328 g/mol. The Labute approximate surface area is 138 Å². The summed E-state index contributed by atoms with van der Waals surface area (Å²) in [6, 6.07) is 11.2. The number of nitrogens with zero attached hydrogens (tertiary/aromatic N) is 5. The van der Waals surface area contributed by atoms with Crippen LogP contribution in [0, 0.1) is 11.3 Å². The van der Waals surface area contributed by atoms with Crippen molar-refractivity contribution < 1.29 is 8.42 Å². The largest absolute Gasteiger partial charge is 0.262 e. The monoisotopic (exact) mass is 340 g/mol. The summed E-state index contributed by atoms with van der Waals surface area (Å²) in [5.41, 5.74) is 1.59. The second-order valence-corrected chi connectivity index (χ2v) is 6.59. The summed E-state index contributed by atoms with van der Waals surface area (Å²) in [5.74, 6) is 0. The Morgan fingerprint density at radius 2 is 2.00 bits per heavy atom. The lowest BCUT2D eigenvalue weighted by molar-refractivity contribution is 0.580. The van der Waals surface area contributed by atoms with Crippen LogP contribution in [0.15, 0.2) is 59.9 Å². The van der Waals surface area contributed by atoms with E-state index in [1.54, 1.807) is 24.7 Å². The Balaban J connectivity index is 1.71. The summed E-state index contributed by atoms with van der Waals surface area (Å²) in [6.07, 6.45) is 4.89. The van der Waals surface area contributed by atoms with E-state index in [4.69, 9.17) is 5.26 Å². The number of nitriles is 1. The van der Waals surface area contributed by atoms with Crippen LogP contribution in [0.2, 0.25) is 0 Å². The van der Waals surface area contributed by atoms with Crippen molar-refractivity contribution in [1.29, 1.82) is 5.26 Å². The topological polar surface area (TPSA) is 114 Å². The average molecular weight is 340 g/mol. The van der Waals surface area contributed by atoms with Gasteiger partial charge in [-0.3, -0.25) is 4.98 Å². The molecule has 0 atom stereocenters. The van der Waals surface area contributed by atoms with Gasteiger partial charge in [0.1, 0.15) is 0 Å². The van der Waals surface area contributed by atoms with Gasteiger partial charge in [-0.1, -0.05) is 5.21 Å². The van der Waals surface area contributed by atoms with Gasteiger partial charge in [0, 0.05) is 6.20 Å². The minimum absolute atomic E-state index is 0.00258. The Bertz CT molecular complexity index is 975. The molecule has 0 amide bonds. The first kappa shape index (κ1) is 15.8. The zero-order valence-corrected chi connectivity index (χ0v) is 13.2. The third kappa shape index (κ3) is 3.45. The van der Waals surface area contributed by atoms with Gasteiger partial charge in [0.25, 0.3) is 0 Å². The molecule has 0 saturated heterocycles. The maximum Gasteiger partial charge on any atom is 0.240 e. The number of rotatable bonds is 5. The van der Waals surface area contributed by atoms with Crippen LogP contribution in [0.25, 0.3) is 5.69 Å². The summed E-state index contributed by atoms with van der Waals surface area (Å²) in [6.45, 7) is 0.00258. The number of hydrogen-bond donors (Lipinski definition) is 1. The van der Waals surface area contributed by atoms with Crippen molar-refractivity contribution in [3.63, 3.8) is 0 Å². The zero-order valence-electron chi connectivity index (χ0n) is 12.4. The molecule has 1 N–H and O–H groups in total. The molecule has 0 unspecified atom stereocenters. The van der Waals surface area contributed by atoms with Crippen LogP contribution >= 0.6 is 0 Å². The maximum absolute atomic E-state index is 12.2. The van der Waals surface area contributed by atoms with Crippen molar-refractivity contribution >= 4 is 10.0 Å². The lowest BCUT2D eigenvalue weighted by atomic mass is 10.2. The van der Waals surface area contributed by atoms with Crippen LogP contribution in [0.1, 0.15) is 11.3 Å². The van der Waals surface area contributed by atoms with Crippen LogP contribution in [-0.2, 0) is 16.6 Å². The second kappa shape index (κ2) is 6.57. The Kier molecular flexibility index (Phi) is 4.33. The minimum atomic E-state index is -3.69. The van der Waals surface area contributed by atoms with E-state index >= 15 is 0 Å². The molecule has 0 aliphatic heterocycles. The number of sulfonamides is 1. The van der Waals surface area contributed by atoms with Gasteiger partial charge in [0.05, 0.1) is 46.8 Å². The summed E-state index contributed by atoms with van der Waals surface area (Å²) in [5, 5.41) is 16.6. The van der Waals surface area contributed by atoms with Crippen LogP contribution < -0.4 is 4.72 Å². The first-order valence-electron chi connectivity index (χ1n) is 6.90. The van der Waals surface area contributed by atoms with E-state index in [9.17, 15) is 8.42 Å². The molecule has 9 heteroatoms. The standard InChI is InChI=1S/C15H12N6O2S/c16-8-12-3-5-15(6-4-12)24(22,23)18-9-13-11-21(20-19-13)14-2-1-7-17-10-14/h1-7,10-11,18H,9H2. The lowest BCUT2D eigenvalue weighted by Crippen LogP contribution is -2.23. The van der Waals surface area contributed by atoms with Crippen molar-refractivity contribution in [3.05, 3.63) is 66.2 Å². The summed E-state index contributed by atoms with van der Waals surface area (Å²) >= 11 is 0. The molecule has 1 aromatic carbocycles. The van der Waals surface area contributed by atoms with Crippen LogP contribution in [0.3, 0.4) is 0 Å². The molecule has 2 heterocycles. The van der Waals surface area contributed by atoms with Crippen molar-refractivity contribution in [1.82, 2.24) is 24.7 Å². The third-order valence-electron chi connectivity index (χ3n) is 3.19. The van der Waals surface area contributed by atoms with E-state index < -0.39 is 10.0 Å². The summed E-state index contributed by atoms with van der Waals surface area (Å²) < 4.78 is 28.4. The van der Waals surface area contributed by atoms with Gasteiger partial charge in [-0.2, -0.15) is 5.26 Å². The van der Waals surface area contributed by atoms with Gasteiger partial charge in [-0.05, 0) is 36.4 Å². The third-order valence-corrected chi connectivity index (χ3v) is 4.61. The number of nitrogens with one attached hydrogen (secondary N) is 1. The minimum Gasteiger partial charge on any atom is -0.262 e. The Morgan fingerprint density at radius 3 is 2.67 bits per heavy atom. The van der Waals surface area contributed by atoms with Crippen molar-refractivity contribution in [2.45, 2.75) is 11.4 Å². The van der Waals surface area contributed by atoms with Gasteiger partial charge >= 0.3 is 0 Å². The van der Waals surface area contributed by atoms with Crippen LogP contribution in [0.4, 0.5) is 0 Å². The smallest absolute Gasteiger partial charge is 0.240 e. The Morgan fingerprint density at radius 1 is 1.21 bits per heavy atom. The molecule has 3 aromatic rings. The van der Waals surface area contributed by atoms with Gasteiger partial charge in [0.15, 0.2) is 0 Å². The maximum atomic E-state index is 12.2. The molecule has 0 fully saturated rings. The SMILES string of the molecule is N#Cc1ccc(S(=O)(=O)NCc2cn(-c3cccnc3)nn2)cc1. The molecule has 120 valence electrons. The highest BCUT2D eigenvalue weighted by molar-refractivity contribution is 7.89. The van der Waals surface area contributed by atoms with E-state index in [-0.39, 0.29) is 11.4 Å². The highest BCUT2D eigenvalue weighted by Gasteiger charge is 2.14. The highest BCUT2D eigenvalue weighted by Crippen LogP contribution is 2.11. The zero-order chi connectivity index (χ0) is 17.0. The van der Waals surface area contributed by atoms with Gasteiger partial charge in [-0.25, -0.2) is 17.8 Å². The molecule has 3 rings (SSSR count). The first-order valence-corrected chi connectivity index (χ1v) is 8.38. The fourth-order valence-corrected chi connectivity index (χ4v) is 2.95. The van der Waals surface area contributed by atoms with E-state index in [0.717, 1.165) is 5.69 Å². The van der Waals surface area contributed by atoms with E-state index in [2.05, 4.69) is 20.0 Å². The molecule has 8 nitrogen and oxygen atoms in total. The second-order valence-electron chi connectivity index (χ2n) is 4.83. The predicted octanol–water partition coefficient (Wildman–Crippen LogP) is 1.01. The molecular formula is C15H12N6O2S. The van der Waals surface area contributed by atoms with E-state index in [1.807, 2.05) is 12.1 Å². The Hall–Kier alpha value is -3.09. The van der Waals surface area contributed by atoms with Crippen molar-refractivity contribution in [2.24, 2.45) is 0 Å². The summed E-state index contributed by atoms with van der Waals surface area (Å²) in [7, 11) is -3.69. The predicted molar refractivity (Wildman–Crippen MR) is 84.3 cm³/mol. The molecule has 0 saturated carbocycles. The molecule has 0 radical (unpaired) electrons. The first-order chi connectivity index (χ1) is 11.6. The molecule has 0 aliphatic rings. The molecule has 24 heavy (non-hydrogen) atoms. The fraction of sp³-hybridized carbons (Fsp3) is 0.0667. The molecule has 2 aromatic heterocycles. The number of hydrogen-bond acceptors (Lipinski definition) is 6. The van der Waals surface area contributed by atoms with Crippen molar-refractivity contribution in [2.75, 3.05) is 0 Å². The number of pyridine rings is 1. The molecule has 0 spiro atoms. The van der Waals surface area contributed by atoms with Crippen LogP contribution in [-0.4, -0.2) is 28.4 Å². The highest BCUT2D eigenvalue weighted by atomic mass is 32.2. The van der Waals surface area contributed by atoms with Gasteiger partial charge < -0.3 is 0 Å². The average Bonchev–Trinajstić information content (AvgIpc) is 3.10. The fourth-order valence-electron chi connectivity index (χ4n) is 1.96. The lowest BCUT2D eigenvalue weighted by Gasteiger charge is -2.04. The summed E-state index contributed by atoms with van der Waals surface area (Å²) in [4.78, 5) is 4.07. The molecule has 0 aliphatic carbocycles. The van der Waals surface area contributed by atoms with Crippen molar-refractivity contribution in [3.8, 4) is 11.8 Å². The molecule has 0 bridgehead atoms. The van der Waals surface area contributed by atoms with E-state index in [1.165, 1.54) is 28.9 Å². The quantitative estimate of drug-likeness (QED) is 0.741. The van der Waals surface area contributed by atoms with E-state index in [0.29, 0.717) is 11.3 Å². The van der Waals surface area contributed by atoms with Gasteiger partial charge in [0.2, 0.25) is 10.0 Å². The van der Waals surface area contributed by atoms with Gasteiger partial charge in [-0.15, -0.1) is 5.10 Å².